The maximum Gasteiger partial charge on any atom is 0.394 e. The number of hydrogen-bond acceptors (Lipinski definition) is 5. The van der Waals surface area contributed by atoms with Gasteiger partial charge in [0.25, 0.3) is 0 Å². The Morgan fingerprint density at radius 2 is 2.07 bits per heavy atom. The molecule has 27 heavy (non-hydrogen) atoms. The monoisotopic (exact) mass is 403 g/mol. The summed E-state index contributed by atoms with van der Waals surface area (Å²) in [5, 5.41) is 4.12. The fourth-order valence-corrected chi connectivity index (χ4v) is 2.97. The van der Waals surface area contributed by atoms with Gasteiger partial charge in [0.15, 0.2) is 5.82 Å². The number of carbonyl (C=O) groups is 1. The quantitative estimate of drug-likeness (QED) is 0.393. The largest absolute Gasteiger partial charge is 0.477 e. The number of ether oxygens (including phenoxy) is 2. The van der Waals surface area contributed by atoms with Gasteiger partial charge in [-0.1, -0.05) is 11.6 Å². The molecule has 0 aliphatic heterocycles. The second-order valence-corrected chi connectivity index (χ2v) is 6.69. The van der Waals surface area contributed by atoms with Crippen LogP contribution in [0.25, 0.3) is 5.82 Å². The van der Waals surface area contributed by atoms with Gasteiger partial charge < -0.3 is 9.47 Å². The third-order valence-corrected chi connectivity index (χ3v) is 4.83. The van der Waals surface area contributed by atoms with E-state index in [0.29, 0.717) is 12.2 Å². The molecule has 0 atom stereocenters. The zero-order valence-electron chi connectivity index (χ0n) is 14.4. The van der Waals surface area contributed by atoms with Crippen LogP contribution in [-0.4, -0.2) is 40.6 Å². The van der Waals surface area contributed by atoms with Gasteiger partial charge in [0.1, 0.15) is 5.15 Å². The van der Waals surface area contributed by atoms with E-state index in [1.54, 1.807) is 12.3 Å². The highest BCUT2D eigenvalue weighted by Gasteiger charge is 2.62. The van der Waals surface area contributed by atoms with Gasteiger partial charge in [0, 0.05) is 12.3 Å². The highest BCUT2D eigenvalue weighted by Crippen LogP contribution is 2.60. The minimum absolute atomic E-state index is 0.0285. The van der Waals surface area contributed by atoms with Crippen molar-refractivity contribution in [1.29, 1.82) is 0 Å². The van der Waals surface area contributed by atoms with Crippen LogP contribution in [0.5, 0.6) is 5.88 Å². The summed E-state index contributed by atoms with van der Waals surface area (Å²) in [6, 6.07) is 4.57. The molecular formula is C17H17ClF3N3O3. The van der Waals surface area contributed by atoms with E-state index in [0.717, 1.165) is 0 Å². The van der Waals surface area contributed by atoms with Gasteiger partial charge >= 0.3 is 12.1 Å². The van der Waals surface area contributed by atoms with Crippen molar-refractivity contribution in [3.8, 4) is 11.7 Å². The summed E-state index contributed by atoms with van der Waals surface area (Å²) < 4.78 is 50.0. The molecule has 1 aliphatic carbocycles. The first-order valence-corrected chi connectivity index (χ1v) is 8.64. The van der Waals surface area contributed by atoms with Crippen LogP contribution in [-0.2, 0) is 4.74 Å². The van der Waals surface area contributed by atoms with E-state index in [4.69, 9.17) is 16.3 Å². The van der Waals surface area contributed by atoms with E-state index >= 15 is 0 Å². The van der Waals surface area contributed by atoms with Crippen molar-refractivity contribution in [2.24, 2.45) is 5.41 Å². The van der Waals surface area contributed by atoms with Crippen molar-refractivity contribution in [3.05, 3.63) is 35.1 Å². The summed E-state index contributed by atoms with van der Waals surface area (Å²) in [5.74, 6) is 0.0224. The van der Waals surface area contributed by atoms with E-state index in [2.05, 4.69) is 14.8 Å². The predicted octanol–water partition coefficient (Wildman–Crippen LogP) is 4.21. The molecule has 0 N–H and O–H groups in total. The Balaban J connectivity index is 1.56. The van der Waals surface area contributed by atoms with Crippen LogP contribution in [0.2, 0.25) is 5.15 Å². The third-order valence-electron chi connectivity index (χ3n) is 4.54. The molecule has 2 heterocycles. The molecule has 0 spiro atoms. The third kappa shape index (κ3) is 4.18. The lowest BCUT2D eigenvalue weighted by atomic mass is 10.0. The number of methoxy groups -OCH3 is 1. The molecule has 0 radical (unpaired) electrons. The van der Waals surface area contributed by atoms with Crippen molar-refractivity contribution >= 4 is 17.6 Å². The molecule has 146 valence electrons. The highest BCUT2D eigenvalue weighted by molar-refractivity contribution is 6.32. The van der Waals surface area contributed by atoms with Crippen LogP contribution >= 0.6 is 11.6 Å². The van der Waals surface area contributed by atoms with Crippen molar-refractivity contribution in [1.82, 2.24) is 14.8 Å². The van der Waals surface area contributed by atoms with Gasteiger partial charge in [-0.05, 0) is 37.8 Å². The summed E-state index contributed by atoms with van der Waals surface area (Å²) >= 11 is 5.97. The van der Waals surface area contributed by atoms with Gasteiger partial charge in [-0.15, -0.1) is 5.10 Å². The summed E-state index contributed by atoms with van der Waals surface area (Å²) in [6.07, 6.45) is -1.83. The smallest absolute Gasteiger partial charge is 0.394 e. The molecule has 1 saturated carbocycles. The molecule has 0 amide bonds. The van der Waals surface area contributed by atoms with Crippen LogP contribution in [0.1, 0.15) is 36.0 Å². The molecule has 10 heteroatoms. The molecule has 1 fully saturated rings. The molecule has 2 aromatic rings. The molecule has 0 saturated heterocycles. The number of nitrogens with zero attached hydrogens (tertiary/aromatic N) is 3. The molecule has 0 unspecified atom stereocenters. The first-order valence-electron chi connectivity index (χ1n) is 8.26. The fourth-order valence-electron chi connectivity index (χ4n) is 2.74. The lowest BCUT2D eigenvalue weighted by molar-refractivity contribution is -0.189. The lowest BCUT2D eigenvalue weighted by Gasteiger charge is -2.18. The Labute approximate surface area is 158 Å². The van der Waals surface area contributed by atoms with Crippen LogP contribution in [0.4, 0.5) is 13.2 Å². The van der Waals surface area contributed by atoms with E-state index in [1.807, 2.05) is 0 Å². The number of pyridine rings is 1. The second-order valence-electron chi connectivity index (χ2n) is 6.33. The van der Waals surface area contributed by atoms with Crippen LogP contribution < -0.4 is 4.74 Å². The second kappa shape index (κ2) is 7.38. The minimum Gasteiger partial charge on any atom is -0.477 e. The minimum atomic E-state index is -4.14. The molecule has 6 nitrogen and oxygen atoms in total. The molecule has 0 aromatic carbocycles. The Morgan fingerprint density at radius 3 is 2.67 bits per heavy atom. The SMILES string of the molecule is COC(=O)c1ccc(-n2ccc(OCCCC3(C(F)(F)F)CC3)n2)nc1Cl. The Kier molecular flexibility index (Phi) is 5.32. The number of carbonyl (C=O) groups excluding carboxylic acids is 1. The maximum absolute atomic E-state index is 12.9. The summed E-state index contributed by atoms with van der Waals surface area (Å²) in [6.45, 7) is 0.143. The van der Waals surface area contributed by atoms with E-state index in [1.165, 1.54) is 23.9 Å². The summed E-state index contributed by atoms with van der Waals surface area (Å²) in [7, 11) is 1.24. The number of alkyl halides is 3. The lowest BCUT2D eigenvalue weighted by Crippen LogP contribution is -2.24. The number of aromatic nitrogens is 3. The average molecular weight is 404 g/mol. The predicted molar refractivity (Wildman–Crippen MR) is 90.2 cm³/mol. The highest BCUT2D eigenvalue weighted by atomic mass is 35.5. The van der Waals surface area contributed by atoms with E-state index in [-0.39, 0.29) is 42.5 Å². The zero-order chi connectivity index (χ0) is 19.7. The van der Waals surface area contributed by atoms with Gasteiger partial charge in [0.2, 0.25) is 5.88 Å². The standard InChI is InChI=1S/C17H17ClF3N3O3/c1-26-15(25)11-3-4-12(22-14(11)18)24-9-5-13(23-24)27-10-2-6-16(7-8-16)17(19,20)21/h3-5,9H,2,6-8,10H2,1H3. The Morgan fingerprint density at radius 1 is 1.33 bits per heavy atom. The Hall–Kier alpha value is -2.29. The summed E-state index contributed by atoms with van der Waals surface area (Å²) in [4.78, 5) is 15.6. The maximum atomic E-state index is 12.9. The van der Waals surface area contributed by atoms with E-state index < -0.39 is 17.6 Å². The van der Waals surface area contributed by atoms with E-state index in [9.17, 15) is 18.0 Å². The number of rotatable bonds is 7. The van der Waals surface area contributed by atoms with Crippen LogP contribution in [0, 0.1) is 5.41 Å². The van der Waals surface area contributed by atoms with Crippen molar-refractivity contribution in [2.75, 3.05) is 13.7 Å². The molecule has 2 aromatic heterocycles. The van der Waals surface area contributed by atoms with Crippen LogP contribution in [0.15, 0.2) is 24.4 Å². The number of esters is 1. The van der Waals surface area contributed by atoms with Crippen molar-refractivity contribution in [2.45, 2.75) is 31.9 Å². The zero-order valence-corrected chi connectivity index (χ0v) is 15.2. The first kappa shape index (κ1) is 19.5. The summed E-state index contributed by atoms with van der Waals surface area (Å²) in [5.41, 5.74) is -1.39. The number of halogens is 4. The van der Waals surface area contributed by atoms with Crippen molar-refractivity contribution < 1.29 is 27.4 Å². The topological polar surface area (TPSA) is 66.2 Å². The normalized spacial score (nSPS) is 15.4. The number of hydrogen-bond donors (Lipinski definition) is 0. The Bertz CT molecular complexity index is 834. The van der Waals surface area contributed by atoms with Gasteiger partial charge in [-0.25, -0.2) is 14.5 Å². The fraction of sp³-hybridized carbons (Fsp3) is 0.471. The average Bonchev–Trinajstić information content (AvgIpc) is 3.28. The van der Waals surface area contributed by atoms with Gasteiger partial charge in [-0.2, -0.15) is 13.2 Å². The first-order chi connectivity index (χ1) is 12.8. The molecular weight excluding hydrogens is 387 g/mol. The molecule has 3 rings (SSSR count). The van der Waals surface area contributed by atoms with Crippen LogP contribution in [0.3, 0.4) is 0 Å². The van der Waals surface area contributed by atoms with Crippen molar-refractivity contribution in [3.63, 3.8) is 0 Å². The molecule has 1 aliphatic rings. The van der Waals surface area contributed by atoms with Gasteiger partial charge in [0.05, 0.1) is 24.7 Å². The molecule has 0 bridgehead atoms. The van der Waals surface area contributed by atoms with Gasteiger partial charge in [-0.3, -0.25) is 0 Å².